The predicted molar refractivity (Wildman–Crippen MR) is 136 cm³/mol. The van der Waals surface area contributed by atoms with Crippen molar-refractivity contribution < 1.29 is 19.1 Å². The molecule has 1 aliphatic heterocycles. The fourth-order valence-corrected chi connectivity index (χ4v) is 5.55. The van der Waals surface area contributed by atoms with Gasteiger partial charge in [-0.2, -0.15) is 0 Å². The zero-order valence-corrected chi connectivity index (χ0v) is 20.8. The Morgan fingerprint density at radius 2 is 1.40 bits per heavy atom. The monoisotopic (exact) mass is 513 g/mol. The molecule has 0 amide bonds. The number of hydrogen-bond acceptors (Lipinski definition) is 4. The number of carbonyl (C=O) groups is 2. The molecule has 7 heteroatoms. The maximum Gasteiger partial charge on any atom is 0.169 e. The van der Waals surface area contributed by atoms with Crippen molar-refractivity contribution in [2.75, 3.05) is 26.2 Å². The zero-order chi connectivity index (χ0) is 25.1. The lowest BCUT2D eigenvalue weighted by atomic mass is 9.68. The first-order valence-corrected chi connectivity index (χ1v) is 12.2. The minimum atomic E-state index is -0.688. The molecular weight excluding hydrogens is 488 g/mol. The van der Waals surface area contributed by atoms with Crippen LogP contribution in [0.5, 0.6) is 0 Å². The molecule has 3 aromatic carbocycles. The molecule has 0 unspecified atom stereocenters. The highest BCUT2D eigenvalue weighted by molar-refractivity contribution is 6.34. The molecule has 1 heterocycles. The molecule has 4 nitrogen and oxygen atoms in total. The van der Waals surface area contributed by atoms with Crippen LogP contribution in [-0.4, -0.2) is 47.8 Å². The predicted octanol–water partition coefficient (Wildman–Crippen LogP) is 5.83. The second-order valence-corrected chi connectivity index (χ2v) is 9.68. The number of likely N-dealkylation sites (tertiary alicyclic amines) is 1. The molecule has 0 bridgehead atoms. The maximum atomic E-state index is 14.7. The van der Waals surface area contributed by atoms with Crippen molar-refractivity contribution in [3.05, 3.63) is 105 Å². The number of β-amino-alcohol motifs (C(OH)–C–C–N with tert-alkyl or cyclic N) is 1. The number of halogens is 3. The van der Waals surface area contributed by atoms with Gasteiger partial charge in [0.15, 0.2) is 11.6 Å². The summed E-state index contributed by atoms with van der Waals surface area (Å²) in [6.45, 7) is 2.45. The van der Waals surface area contributed by atoms with Gasteiger partial charge in [0.2, 0.25) is 0 Å². The van der Waals surface area contributed by atoms with E-state index >= 15 is 0 Å². The first kappa shape index (κ1) is 25.5. The van der Waals surface area contributed by atoms with Crippen LogP contribution in [0.3, 0.4) is 0 Å². The minimum Gasteiger partial charge on any atom is -0.395 e. The van der Waals surface area contributed by atoms with E-state index in [1.165, 1.54) is 6.07 Å². The number of nitrogens with zero attached hydrogens (tertiary/aromatic N) is 1. The number of piperidine rings is 1. The van der Waals surface area contributed by atoms with Gasteiger partial charge in [-0.15, -0.1) is 0 Å². The van der Waals surface area contributed by atoms with Crippen LogP contribution < -0.4 is 0 Å². The van der Waals surface area contributed by atoms with Gasteiger partial charge in [0, 0.05) is 48.5 Å². The molecule has 1 saturated heterocycles. The lowest BCUT2D eigenvalue weighted by Gasteiger charge is -2.43. The molecule has 0 aromatic heterocycles. The van der Waals surface area contributed by atoms with E-state index in [0.29, 0.717) is 51.9 Å². The van der Waals surface area contributed by atoms with Crippen molar-refractivity contribution in [3.63, 3.8) is 0 Å². The van der Waals surface area contributed by atoms with E-state index in [9.17, 15) is 19.1 Å². The first-order chi connectivity index (χ1) is 16.8. The lowest BCUT2D eigenvalue weighted by molar-refractivity contribution is 0.0529. The molecule has 4 rings (SSSR count). The summed E-state index contributed by atoms with van der Waals surface area (Å²) in [6, 6.07) is 18.4. The van der Waals surface area contributed by atoms with Gasteiger partial charge in [0.1, 0.15) is 5.82 Å². The largest absolute Gasteiger partial charge is 0.395 e. The minimum absolute atomic E-state index is 0.121. The molecule has 1 aliphatic rings. The van der Waals surface area contributed by atoms with Crippen LogP contribution in [0.1, 0.15) is 37.8 Å². The zero-order valence-electron chi connectivity index (χ0n) is 19.3. The van der Waals surface area contributed by atoms with Crippen LogP contribution in [-0.2, 0) is 0 Å². The summed E-state index contributed by atoms with van der Waals surface area (Å²) < 4.78 is 14.7. The summed E-state index contributed by atoms with van der Waals surface area (Å²) in [5.74, 6) is -2.81. The molecule has 0 saturated carbocycles. The van der Waals surface area contributed by atoms with Gasteiger partial charge < -0.3 is 5.11 Å². The number of Topliss-reactive ketones (excluding diaryl/α,β-unsaturated/α-hetero) is 2. The molecule has 2 atom stereocenters. The molecule has 0 spiro atoms. The fraction of sp³-hybridized carbons (Fsp3) is 0.286. The highest BCUT2D eigenvalue weighted by Gasteiger charge is 2.45. The van der Waals surface area contributed by atoms with Crippen molar-refractivity contribution in [1.29, 1.82) is 0 Å². The van der Waals surface area contributed by atoms with E-state index in [1.807, 2.05) is 4.90 Å². The third kappa shape index (κ3) is 5.19. The third-order valence-electron chi connectivity index (χ3n) is 6.81. The topological polar surface area (TPSA) is 57.6 Å². The van der Waals surface area contributed by atoms with Gasteiger partial charge >= 0.3 is 0 Å². The molecule has 1 fully saturated rings. The van der Waals surface area contributed by atoms with Crippen LogP contribution in [0.25, 0.3) is 0 Å². The molecular formula is C28H26Cl2FNO3. The van der Waals surface area contributed by atoms with Crippen molar-refractivity contribution in [2.45, 2.75) is 12.8 Å². The van der Waals surface area contributed by atoms with Crippen LogP contribution in [0.15, 0.2) is 66.7 Å². The number of aliphatic hydroxyl groups excluding tert-OH is 1. The number of rotatable bonds is 7. The first-order valence-electron chi connectivity index (χ1n) is 11.5. The highest BCUT2D eigenvalue weighted by atomic mass is 35.5. The summed E-state index contributed by atoms with van der Waals surface area (Å²) in [6.07, 6.45) is 0. The molecule has 1 N–H and O–H groups in total. The van der Waals surface area contributed by atoms with Gasteiger partial charge in [-0.1, -0.05) is 59.6 Å². The number of aliphatic hydroxyl groups is 1. The molecule has 35 heavy (non-hydrogen) atoms. The van der Waals surface area contributed by atoms with E-state index in [0.717, 1.165) is 0 Å². The van der Waals surface area contributed by atoms with Gasteiger partial charge in [0.05, 0.1) is 16.7 Å². The molecule has 0 aliphatic carbocycles. The summed E-state index contributed by atoms with van der Waals surface area (Å²) >= 11 is 12.8. The Hall–Kier alpha value is -2.57. The SMILES string of the molecule is Cc1c(F)cccc1C1[C@@H](C(=O)c2ccccc2Cl)CN(CCO)C[C@@H]1C(=O)c1ccccc1Cl. The van der Waals surface area contributed by atoms with E-state index in [2.05, 4.69) is 0 Å². The molecule has 0 radical (unpaired) electrons. The maximum absolute atomic E-state index is 14.7. The normalized spacial score (nSPS) is 19.0. The Labute approximate surface area is 214 Å². The van der Waals surface area contributed by atoms with Crippen molar-refractivity contribution >= 4 is 34.8 Å². The van der Waals surface area contributed by atoms with E-state index in [1.54, 1.807) is 67.6 Å². The summed E-state index contributed by atoms with van der Waals surface area (Å²) in [5.41, 5.74) is 1.73. The van der Waals surface area contributed by atoms with Gasteiger partial charge in [-0.3, -0.25) is 14.5 Å². The summed E-state index contributed by atoms with van der Waals surface area (Å²) in [5, 5.41) is 10.3. The van der Waals surface area contributed by atoms with Crippen molar-refractivity contribution in [1.82, 2.24) is 4.90 Å². The van der Waals surface area contributed by atoms with Gasteiger partial charge in [-0.05, 0) is 48.4 Å². The average molecular weight is 514 g/mol. The van der Waals surface area contributed by atoms with Gasteiger partial charge in [-0.25, -0.2) is 4.39 Å². The second kappa shape index (κ2) is 11.0. The second-order valence-electron chi connectivity index (χ2n) is 8.86. The summed E-state index contributed by atoms with van der Waals surface area (Å²) in [7, 11) is 0. The highest BCUT2D eigenvalue weighted by Crippen LogP contribution is 2.43. The van der Waals surface area contributed by atoms with Crippen LogP contribution in [0, 0.1) is 24.6 Å². The fourth-order valence-electron chi connectivity index (χ4n) is 5.09. The Kier molecular flexibility index (Phi) is 8.02. The number of carbonyl (C=O) groups excluding carboxylic acids is 2. The van der Waals surface area contributed by atoms with Gasteiger partial charge in [0.25, 0.3) is 0 Å². The lowest BCUT2D eigenvalue weighted by Crippen LogP contribution is -2.51. The average Bonchev–Trinajstić information content (AvgIpc) is 2.85. The van der Waals surface area contributed by atoms with Crippen LogP contribution in [0.2, 0.25) is 10.0 Å². The number of ketones is 2. The summed E-state index contributed by atoms with van der Waals surface area (Å²) in [4.78, 5) is 29.7. The van der Waals surface area contributed by atoms with E-state index < -0.39 is 23.6 Å². The Bertz CT molecular complexity index is 1180. The Balaban J connectivity index is 1.89. The van der Waals surface area contributed by atoms with Crippen molar-refractivity contribution in [3.8, 4) is 0 Å². The molecule has 3 aromatic rings. The third-order valence-corrected chi connectivity index (χ3v) is 7.47. The van der Waals surface area contributed by atoms with E-state index in [4.69, 9.17) is 23.2 Å². The number of hydrogen-bond donors (Lipinski definition) is 1. The quantitative estimate of drug-likeness (QED) is 0.403. The Morgan fingerprint density at radius 3 is 1.89 bits per heavy atom. The molecule has 182 valence electrons. The van der Waals surface area contributed by atoms with Crippen LogP contribution >= 0.6 is 23.2 Å². The Morgan fingerprint density at radius 1 is 0.886 bits per heavy atom. The standard InChI is InChI=1S/C28H26Cl2FNO3/c1-17-18(9-6-12-25(17)31)26-21(27(34)19-7-2-4-10-23(19)29)15-32(13-14-33)16-22(26)28(35)20-8-3-5-11-24(20)30/h2-12,21-22,26,33H,13-16H2,1H3/t21-,22-/m0/s1. The number of benzene rings is 3. The van der Waals surface area contributed by atoms with Crippen LogP contribution in [0.4, 0.5) is 4.39 Å². The smallest absolute Gasteiger partial charge is 0.169 e. The van der Waals surface area contributed by atoms with E-state index in [-0.39, 0.29) is 18.2 Å². The van der Waals surface area contributed by atoms with Crippen molar-refractivity contribution in [2.24, 2.45) is 11.8 Å².